The standard InChI is InChI=1S/C26H24FN5O2.C2HF3O2/c1-2-18-14-20(29-30-25(18)33)12-17-8-9-22(27)21(13-17)26(34)31-10-11-32-23(15-28-24(32)16-31)19-6-4-3-5-7-19;3-2(4,5)1(6)7/h3-9,13-15H,2,10-12,16H2,1H3,(H,30,33);(H,6,7). The van der Waals surface area contributed by atoms with Crippen LogP contribution in [0.1, 0.15) is 39.9 Å². The van der Waals surface area contributed by atoms with Gasteiger partial charge in [0.2, 0.25) is 5.69 Å². The number of carbonyl (C=O) groups excluding carboxylic acids is 2. The molecule has 0 aliphatic carbocycles. The summed E-state index contributed by atoms with van der Waals surface area (Å²) in [4.78, 5) is 40.0. The molecule has 214 valence electrons. The zero-order valence-electron chi connectivity index (χ0n) is 21.8. The van der Waals surface area contributed by atoms with Crippen molar-refractivity contribution in [2.24, 2.45) is 0 Å². The number of alkyl halides is 3. The highest BCUT2D eigenvalue weighted by molar-refractivity contribution is 5.94. The van der Waals surface area contributed by atoms with Gasteiger partial charge in [-0.1, -0.05) is 43.3 Å². The number of benzene rings is 2. The van der Waals surface area contributed by atoms with Crippen LogP contribution in [0.4, 0.5) is 17.6 Å². The van der Waals surface area contributed by atoms with E-state index in [0.29, 0.717) is 38.0 Å². The minimum atomic E-state index is -5.19. The monoisotopic (exact) mass is 571 g/mol. The largest absolute Gasteiger partial charge is 0.542 e. The maximum atomic E-state index is 14.7. The highest BCUT2D eigenvalue weighted by Crippen LogP contribution is 2.25. The first-order chi connectivity index (χ1) is 19.5. The Kier molecular flexibility index (Phi) is 8.65. The first-order valence-electron chi connectivity index (χ1n) is 12.6. The number of fused-ring (bicyclic) bond motifs is 1. The normalized spacial score (nSPS) is 12.8. The summed E-state index contributed by atoms with van der Waals surface area (Å²) in [5, 5.41) is 14.3. The zero-order chi connectivity index (χ0) is 29.7. The van der Waals surface area contributed by atoms with Crippen LogP contribution in [0.5, 0.6) is 0 Å². The number of hydrogen-bond donors (Lipinski definition) is 1. The number of H-pyrrole nitrogens is 2. The molecule has 1 aliphatic heterocycles. The van der Waals surface area contributed by atoms with Gasteiger partial charge in [-0.3, -0.25) is 9.59 Å². The Morgan fingerprint density at radius 2 is 1.80 bits per heavy atom. The second kappa shape index (κ2) is 12.1. The number of aromatic nitrogens is 4. The van der Waals surface area contributed by atoms with Crippen LogP contribution in [0.3, 0.4) is 0 Å². The van der Waals surface area contributed by atoms with Gasteiger partial charge in [-0.25, -0.2) is 9.37 Å². The predicted octanol–water partition coefficient (Wildman–Crippen LogP) is 2.30. The van der Waals surface area contributed by atoms with Crippen LogP contribution in [0, 0.1) is 5.82 Å². The molecule has 2 N–H and O–H groups in total. The smallest absolute Gasteiger partial charge is 0.430 e. The van der Waals surface area contributed by atoms with Gasteiger partial charge < -0.3 is 19.4 Å². The molecule has 0 bridgehead atoms. The van der Waals surface area contributed by atoms with E-state index < -0.39 is 18.0 Å². The number of carboxylic acid groups (broad SMARTS) is 1. The molecule has 2 aromatic carbocycles. The minimum Gasteiger partial charge on any atom is -0.542 e. The van der Waals surface area contributed by atoms with Crippen molar-refractivity contribution >= 4 is 11.9 Å². The molecule has 13 heteroatoms. The molecule has 9 nitrogen and oxygen atoms in total. The summed E-state index contributed by atoms with van der Waals surface area (Å²) in [6.45, 7) is 3.30. The van der Waals surface area contributed by atoms with Crippen molar-refractivity contribution in [1.29, 1.82) is 0 Å². The van der Waals surface area contributed by atoms with Crippen LogP contribution in [0.15, 0.2) is 65.6 Å². The summed E-state index contributed by atoms with van der Waals surface area (Å²) in [7, 11) is 0. The number of nitrogens with zero attached hydrogens (tertiary/aromatic N) is 3. The van der Waals surface area contributed by atoms with E-state index in [1.165, 1.54) is 6.07 Å². The number of carbonyl (C=O) groups is 2. The van der Waals surface area contributed by atoms with Crippen molar-refractivity contribution in [2.75, 3.05) is 6.54 Å². The Morgan fingerprint density at radius 1 is 1.10 bits per heavy atom. The molecule has 1 amide bonds. The molecule has 2 aromatic heterocycles. The van der Waals surface area contributed by atoms with Crippen LogP contribution < -0.4 is 15.8 Å². The first-order valence-corrected chi connectivity index (χ1v) is 12.6. The lowest BCUT2D eigenvalue weighted by Crippen LogP contribution is -2.39. The number of aliphatic carboxylic acids is 1. The first kappa shape index (κ1) is 29.2. The Bertz CT molecular complexity index is 1620. The predicted molar refractivity (Wildman–Crippen MR) is 136 cm³/mol. The fourth-order valence-corrected chi connectivity index (χ4v) is 4.40. The van der Waals surface area contributed by atoms with Gasteiger partial charge in [-0.2, -0.15) is 13.2 Å². The Hall–Kier alpha value is -4.81. The van der Waals surface area contributed by atoms with Gasteiger partial charge in [0.25, 0.3) is 5.91 Å². The average molecular weight is 572 g/mol. The summed E-state index contributed by atoms with van der Waals surface area (Å²) < 4.78 is 48.3. The fourth-order valence-electron chi connectivity index (χ4n) is 4.40. The summed E-state index contributed by atoms with van der Waals surface area (Å²) in [6.07, 6.45) is -2.32. The Labute approximate surface area is 231 Å². The SMILES string of the molecule is CCc1cc(Cc2ccc(F)c(C(=O)N3CCn4c(-c5ccccc5)cnc4C3)c2)[nH+][nH]c1=O.O=C([O-])C(F)(F)F. The highest BCUT2D eigenvalue weighted by Gasteiger charge is 2.29. The van der Waals surface area contributed by atoms with E-state index >= 15 is 0 Å². The summed E-state index contributed by atoms with van der Waals surface area (Å²) in [6, 6.07) is 16.4. The van der Waals surface area contributed by atoms with Crippen molar-refractivity contribution < 1.29 is 37.4 Å². The van der Waals surface area contributed by atoms with E-state index in [-0.39, 0.29) is 17.0 Å². The molecular weight excluding hydrogens is 546 g/mol. The second-order valence-corrected chi connectivity index (χ2v) is 9.21. The van der Waals surface area contributed by atoms with Crippen LogP contribution in [0.25, 0.3) is 11.3 Å². The molecule has 0 spiro atoms. The highest BCUT2D eigenvalue weighted by atomic mass is 19.4. The lowest BCUT2D eigenvalue weighted by Gasteiger charge is -2.29. The molecule has 5 rings (SSSR count). The third-order valence-corrected chi connectivity index (χ3v) is 6.47. The van der Waals surface area contributed by atoms with E-state index in [2.05, 4.69) is 19.7 Å². The lowest BCUT2D eigenvalue weighted by atomic mass is 10.0. The van der Waals surface area contributed by atoms with E-state index in [0.717, 1.165) is 28.3 Å². The van der Waals surface area contributed by atoms with E-state index in [1.807, 2.05) is 43.5 Å². The molecule has 0 atom stereocenters. The number of rotatable bonds is 5. The van der Waals surface area contributed by atoms with Crippen molar-refractivity contribution in [3.63, 3.8) is 0 Å². The van der Waals surface area contributed by atoms with Gasteiger partial charge in [0.15, 0.2) is 0 Å². The van der Waals surface area contributed by atoms with Crippen LogP contribution in [0.2, 0.25) is 0 Å². The zero-order valence-corrected chi connectivity index (χ0v) is 21.8. The van der Waals surface area contributed by atoms with Gasteiger partial charge >= 0.3 is 11.7 Å². The maximum absolute atomic E-state index is 14.7. The number of hydrogen-bond acceptors (Lipinski definition) is 5. The minimum absolute atomic E-state index is 0.0425. The number of aryl methyl sites for hydroxylation is 1. The van der Waals surface area contributed by atoms with Crippen LogP contribution >= 0.6 is 0 Å². The number of aromatic amines is 2. The Balaban J connectivity index is 0.000000493. The molecule has 1 aliphatic rings. The molecule has 3 heterocycles. The third-order valence-electron chi connectivity index (χ3n) is 6.47. The number of halogens is 4. The molecular formula is C28H25F4N5O4. The number of nitrogens with one attached hydrogen (secondary N) is 2. The van der Waals surface area contributed by atoms with Crippen molar-refractivity contribution in [3.8, 4) is 11.3 Å². The molecule has 0 saturated carbocycles. The van der Waals surface area contributed by atoms with Crippen molar-refractivity contribution in [2.45, 2.75) is 39.0 Å². The molecule has 0 saturated heterocycles. The van der Waals surface area contributed by atoms with Gasteiger partial charge in [-0.05, 0) is 29.7 Å². The number of imidazole rings is 1. The van der Waals surface area contributed by atoms with Gasteiger partial charge in [0.05, 0.1) is 30.4 Å². The topological polar surface area (TPSA) is 125 Å². The number of amides is 1. The van der Waals surface area contributed by atoms with Gasteiger partial charge in [0, 0.05) is 24.7 Å². The molecule has 4 aromatic rings. The fraction of sp³-hybridized carbons (Fsp3) is 0.250. The maximum Gasteiger partial charge on any atom is 0.430 e. The molecule has 41 heavy (non-hydrogen) atoms. The number of carboxylic acids is 1. The van der Waals surface area contributed by atoms with Crippen LogP contribution in [-0.2, 0) is 30.7 Å². The second-order valence-electron chi connectivity index (χ2n) is 9.21. The summed E-state index contributed by atoms with van der Waals surface area (Å²) >= 11 is 0. The van der Waals surface area contributed by atoms with Gasteiger partial charge in [0.1, 0.15) is 17.6 Å². The van der Waals surface area contributed by atoms with E-state index in [9.17, 15) is 27.2 Å². The van der Waals surface area contributed by atoms with Crippen LogP contribution in [-0.4, -0.2) is 44.1 Å². The van der Waals surface area contributed by atoms with Gasteiger partial charge in [-0.15, -0.1) is 10.2 Å². The molecule has 0 unspecified atom stereocenters. The summed E-state index contributed by atoms with van der Waals surface area (Å²) in [5.74, 6) is -3.13. The van der Waals surface area contributed by atoms with Crippen molar-refractivity contribution in [3.05, 3.63) is 105 Å². The quantitative estimate of drug-likeness (QED) is 0.368. The van der Waals surface area contributed by atoms with E-state index in [4.69, 9.17) is 9.90 Å². The molecule has 0 fully saturated rings. The summed E-state index contributed by atoms with van der Waals surface area (Å²) in [5.41, 5.74) is 4.21. The van der Waals surface area contributed by atoms with Crippen molar-refractivity contribution in [1.82, 2.24) is 19.5 Å². The average Bonchev–Trinajstić information content (AvgIpc) is 3.38. The van der Waals surface area contributed by atoms with E-state index in [1.54, 1.807) is 23.1 Å². The Morgan fingerprint density at radius 3 is 2.46 bits per heavy atom. The molecule has 0 radical (unpaired) electrons. The lowest BCUT2D eigenvalue weighted by molar-refractivity contribution is -0.467. The third kappa shape index (κ3) is 6.86.